The molecule has 0 N–H and O–H groups in total. The van der Waals surface area contributed by atoms with E-state index in [1.54, 1.807) is 0 Å². The summed E-state index contributed by atoms with van der Waals surface area (Å²) in [5.74, 6) is -1.10. The zero-order chi connectivity index (χ0) is 23.4. The lowest BCUT2D eigenvalue weighted by Gasteiger charge is -2.14. The molecule has 0 saturated carbocycles. The van der Waals surface area contributed by atoms with Gasteiger partial charge in [-0.3, -0.25) is 9.36 Å². The van der Waals surface area contributed by atoms with Crippen molar-refractivity contribution in [2.45, 2.75) is 19.4 Å². The van der Waals surface area contributed by atoms with Crippen LogP contribution in [0, 0.1) is 11.3 Å². The van der Waals surface area contributed by atoms with Crippen molar-refractivity contribution in [1.82, 2.24) is 19.7 Å². The van der Waals surface area contributed by atoms with Crippen molar-refractivity contribution in [3.05, 3.63) is 68.5 Å². The summed E-state index contributed by atoms with van der Waals surface area (Å²) >= 11 is 5.88. The topological polar surface area (TPSA) is 103 Å². The van der Waals surface area contributed by atoms with Gasteiger partial charge in [0.15, 0.2) is 5.69 Å². The molecule has 166 valence electrons. The molecular weight excluding hydrogens is 458 g/mol. The number of methoxy groups -OCH3 is 1. The van der Waals surface area contributed by atoms with Crippen LogP contribution in [0.3, 0.4) is 0 Å². The molecule has 2 heterocycles. The third-order valence-electron chi connectivity index (χ3n) is 4.06. The number of ether oxygens (including phenoxy) is 2. The fourth-order valence-electron chi connectivity index (χ4n) is 2.66. The molecule has 0 aliphatic heterocycles. The van der Waals surface area contributed by atoms with Gasteiger partial charge in [-0.05, 0) is 24.3 Å². The van der Waals surface area contributed by atoms with Crippen LogP contribution in [-0.2, 0) is 6.54 Å². The summed E-state index contributed by atoms with van der Waals surface area (Å²) in [7, 11) is 1.22. The number of hydrogen-bond donors (Lipinski definition) is 0. The van der Waals surface area contributed by atoms with E-state index in [2.05, 4.69) is 15.2 Å². The van der Waals surface area contributed by atoms with Gasteiger partial charge in [0.1, 0.15) is 11.4 Å². The number of alkyl halides is 4. The van der Waals surface area contributed by atoms with Crippen LogP contribution in [0.2, 0.25) is 5.02 Å². The Morgan fingerprint density at radius 1 is 1.16 bits per heavy atom. The summed E-state index contributed by atoms with van der Waals surface area (Å²) in [6, 6.07) is 6.52. The summed E-state index contributed by atoms with van der Waals surface area (Å²) in [6.07, 6.45) is -5.28. The summed E-state index contributed by atoms with van der Waals surface area (Å²) in [5.41, 5.74) is -2.54. The van der Waals surface area contributed by atoms with Crippen molar-refractivity contribution in [3.63, 3.8) is 0 Å². The molecule has 3 aromatic rings. The van der Waals surface area contributed by atoms with Crippen molar-refractivity contribution in [3.8, 4) is 23.4 Å². The van der Waals surface area contributed by atoms with E-state index in [0.717, 1.165) is 17.0 Å². The maximum atomic E-state index is 13.5. The van der Waals surface area contributed by atoms with Gasteiger partial charge in [-0.1, -0.05) is 11.6 Å². The quantitative estimate of drug-likeness (QED) is 0.476. The average Bonchev–Trinajstić information content (AvgIpc) is 2.75. The van der Waals surface area contributed by atoms with Crippen molar-refractivity contribution < 1.29 is 27.0 Å². The minimum absolute atomic E-state index is 0.0342. The highest BCUT2D eigenvalue weighted by Gasteiger charge is 2.23. The highest BCUT2D eigenvalue weighted by atomic mass is 35.5. The average molecular weight is 470 g/mol. The molecule has 0 fully saturated rings. The SMILES string of the molecule is COc1nnc(C(F)F)cc1Cn1cnc(C(F)F)c(Oc2cc(Cl)cc(C#N)c2)c1=O. The van der Waals surface area contributed by atoms with Crippen molar-refractivity contribution in [1.29, 1.82) is 5.26 Å². The molecule has 0 aliphatic carbocycles. The molecule has 3 rings (SSSR count). The minimum atomic E-state index is -3.16. The zero-order valence-electron chi connectivity index (χ0n) is 16.1. The molecule has 2 aromatic heterocycles. The van der Waals surface area contributed by atoms with Crippen LogP contribution in [0.4, 0.5) is 17.6 Å². The van der Waals surface area contributed by atoms with Crippen molar-refractivity contribution in [2.75, 3.05) is 7.11 Å². The van der Waals surface area contributed by atoms with Crippen LogP contribution >= 0.6 is 11.6 Å². The Kier molecular flexibility index (Phi) is 6.89. The standard InChI is InChI=1S/C19H12ClF4N5O3/c1-31-18-10(4-13(16(21)22)27-28-18)7-29-8-26-14(17(23)24)15(19(29)30)32-12-3-9(6-25)2-11(20)5-12/h2-5,8,16-17H,7H2,1H3. The van der Waals surface area contributed by atoms with Crippen molar-refractivity contribution in [2.24, 2.45) is 0 Å². The molecule has 0 aliphatic rings. The lowest BCUT2D eigenvalue weighted by atomic mass is 10.2. The van der Waals surface area contributed by atoms with Crippen LogP contribution in [0.5, 0.6) is 17.4 Å². The van der Waals surface area contributed by atoms with Gasteiger partial charge in [0.2, 0.25) is 11.6 Å². The summed E-state index contributed by atoms with van der Waals surface area (Å²) in [6.45, 7) is -0.400. The second-order valence-corrected chi connectivity index (χ2v) is 6.62. The molecule has 0 unspecified atom stereocenters. The van der Waals surface area contributed by atoms with E-state index < -0.39 is 42.1 Å². The Morgan fingerprint density at radius 2 is 1.91 bits per heavy atom. The normalized spacial score (nSPS) is 11.0. The number of hydrogen-bond acceptors (Lipinski definition) is 7. The van der Waals surface area contributed by atoms with Gasteiger partial charge >= 0.3 is 0 Å². The molecule has 0 saturated heterocycles. The van der Waals surface area contributed by atoms with Crippen molar-refractivity contribution >= 4 is 11.6 Å². The van der Waals surface area contributed by atoms with E-state index >= 15 is 0 Å². The van der Waals surface area contributed by atoms with Gasteiger partial charge in [-0.15, -0.1) is 10.2 Å². The smallest absolute Gasteiger partial charge is 0.297 e. The Bertz CT molecular complexity index is 1250. The van der Waals surface area contributed by atoms with Crippen LogP contribution in [0.1, 0.15) is 35.4 Å². The molecule has 0 amide bonds. The first-order chi connectivity index (χ1) is 15.2. The predicted octanol–water partition coefficient (Wildman–Crippen LogP) is 4.28. The highest BCUT2D eigenvalue weighted by Crippen LogP contribution is 2.30. The molecule has 0 bridgehead atoms. The second-order valence-electron chi connectivity index (χ2n) is 6.19. The molecular formula is C19H12ClF4N5O3. The zero-order valence-corrected chi connectivity index (χ0v) is 16.9. The highest BCUT2D eigenvalue weighted by molar-refractivity contribution is 6.30. The molecule has 0 radical (unpaired) electrons. The van der Waals surface area contributed by atoms with E-state index in [-0.39, 0.29) is 27.8 Å². The molecule has 0 spiro atoms. The Morgan fingerprint density at radius 3 is 2.53 bits per heavy atom. The van der Waals surface area contributed by atoms with Gasteiger partial charge in [0, 0.05) is 10.6 Å². The first-order valence-electron chi connectivity index (χ1n) is 8.68. The van der Waals surface area contributed by atoms with Gasteiger partial charge in [0.05, 0.1) is 31.6 Å². The lowest BCUT2D eigenvalue weighted by Crippen LogP contribution is -2.24. The fourth-order valence-corrected chi connectivity index (χ4v) is 2.89. The minimum Gasteiger partial charge on any atom is -0.480 e. The lowest BCUT2D eigenvalue weighted by molar-refractivity contribution is 0.141. The summed E-state index contributed by atoms with van der Waals surface area (Å²) in [5, 5.41) is 16.0. The number of rotatable bonds is 7. The molecule has 32 heavy (non-hydrogen) atoms. The Labute approximate surface area is 182 Å². The van der Waals surface area contributed by atoms with Gasteiger partial charge in [-0.2, -0.15) is 5.26 Å². The largest absolute Gasteiger partial charge is 0.480 e. The van der Waals surface area contributed by atoms with E-state index in [1.807, 2.05) is 6.07 Å². The predicted molar refractivity (Wildman–Crippen MR) is 102 cm³/mol. The summed E-state index contributed by atoms with van der Waals surface area (Å²) in [4.78, 5) is 16.5. The van der Waals surface area contributed by atoms with Gasteiger partial charge in [0.25, 0.3) is 18.4 Å². The Hall–Kier alpha value is -3.72. The molecule has 0 atom stereocenters. The molecule has 8 nitrogen and oxygen atoms in total. The van der Waals surface area contributed by atoms with E-state index in [9.17, 15) is 22.4 Å². The number of benzene rings is 1. The molecule has 1 aromatic carbocycles. The first kappa shape index (κ1) is 23.0. The third-order valence-corrected chi connectivity index (χ3v) is 4.28. The Balaban J connectivity index is 2.08. The van der Waals surface area contributed by atoms with Gasteiger partial charge in [-0.25, -0.2) is 22.5 Å². The van der Waals surface area contributed by atoms with Gasteiger partial charge < -0.3 is 9.47 Å². The third kappa shape index (κ3) is 4.94. The summed E-state index contributed by atoms with van der Waals surface area (Å²) < 4.78 is 64.0. The van der Waals surface area contributed by atoms with Crippen LogP contribution in [0.15, 0.2) is 35.4 Å². The fraction of sp³-hybridized carbons (Fsp3) is 0.211. The molecule has 13 heteroatoms. The maximum absolute atomic E-state index is 13.5. The maximum Gasteiger partial charge on any atom is 0.297 e. The number of halogens is 5. The van der Waals surface area contributed by atoms with Crippen LogP contribution in [0.25, 0.3) is 0 Å². The number of nitriles is 1. The van der Waals surface area contributed by atoms with E-state index in [1.165, 1.54) is 25.3 Å². The number of nitrogens with zero attached hydrogens (tertiary/aromatic N) is 5. The van der Waals surface area contributed by atoms with Crippen LogP contribution < -0.4 is 15.0 Å². The van der Waals surface area contributed by atoms with E-state index in [4.69, 9.17) is 26.3 Å². The van der Waals surface area contributed by atoms with Crippen LogP contribution in [-0.4, -0.2) is 26.9 Å². The first-order valence-corrected chi connectivity index (χ1v) is 9.06. The monoisotopic (exact) mass is 469 g/mol. The number of aromatic nitrogens is 4. The van der Waals surface area contributed by atoms with E-state index in [0.29, 0.717) is 0 Å². The second kappa shape index (κ2) is 9.61.